The Kier molecular flexibility index (Phi) is 11.8. The number of aliphatic imine (C=N–C) groups is 1. The van der Waals surface area contributed by atoms with E-state index in [-0.39, 0.29) is 12.4 Å². The van der Waals surface area contributed by atoms with Crippen molar-refractivity contribution in [3.05, 3.63) is 82.1 Å². The van der Waals surface area contributed by atoms with Crippen molar-refractivity contribution < 1.29 is 24.2 Å². The highest BCUT2D eigenvalue weighted by Gasteiger charge is 2.47. The predicted octanol–water partition coefficient (Wildman–Crippen LogP) is 5.59. The van der Waals surface area contributed by atoms with Crippen LogP contribution in [0.4, 0.5) is 4.79 Å². The summed E-state index contributed by atoms with van der Waals surface area (Å²) in [6, 6.07) is 12.8. The van der Waals surface area contributed by atoms with Crippen LogP contribution in [0.5, 0.6) is 5.75 Å². The lowest BCUT2D eigenvalue weighted by Gasteiger charge is -2.22. The van der Waals surface area contributed by atoms with Crippen LogP contribution in [0.25, 0.3) is 11.1 Å². The molecule has 0 bridgehead atoms. The molecular formula is C36H45ClN6O5. The van der Waals surface area contributed by atoms with Gasteiger partial charge in [-0.3, -0.25) is 9.98 Å². The number of hydrogen-bond acceptors (Lipinski definition) is 6. The van der Waals surface area contributed by atoms with Crippen LogP contribution in [0.15, 0.2) is 59.9 Å². The molecule has 2 saturated carbocycles. The number of ether oxygens (including phenoxy) is 2. The molecule has 2 fully saturated rings. The Morgan fingerprint density at radius 2 is 1.90 bits per heavy atom. The second-order valence-corrected chi connectivity index (χ2v) is 13.0. The Morgan fingerprint density at radius 1 is 1.10 bits per heavy atom. The van der Waals surface area contributed by atoms with Gasteiger partial charge in [-0.05, 0) is 105 Å². The minimum atomic E-state index is -1.11. The summed E-state index contributed by atoms with van der Waals surface area (Å²) in [6.07, 6.45) is 11.1. The third-order valence-corrected chi connectivity index (χ3v) is 9.08. The fourth-order valence-corrected chi connectivity index (χ4v) is 5.99. The van der Waals surface area contributed by atoms with E-state index >= 15 is 0 Å². The molecule has 11 nitrogen and oxygen atoms in total. The van der Waals surface area contributed by atoms with Crippen molar-refractivity contribution in [2.75, 3.05) is 13.1 Å². The second-order valence-electron chi connectivity index (χ2n) is 12.6. The number of carbonyl (C=O) groups excluding carboxylic acids is 1. The van der Waals surface area contributed by atoms with Gasteiger partial charge in [-0.15, -0.1) is 0 Å². The van der Waals surface area contributed by atoms with E-state index in [1.807, 2.05) is 42.7 Å². The Labute approximate surface area is 286 Å². The number of nitrogens with zero attached hydrogens (tertiary/aromatic N) is 2. The van der Waals surface area contributed by atoms with E-state index in [0.717, 1.165) is 84.1 Å². The SMILES string of the molecule is Cc1cc(COC2(c3cnccc3-c3ccccc3OC3CC3)CC2)c(Cl)cc1CCCCNC(=O)NC(CCCN=C(N)N)C(=O)O. The van der Waals surface area contributed by atoms with E-state index in [4.69, 9.17) is 32.5 Å². The summed E-state index contributed by atoms with van der Waals surface area (Å²) in [4.78, 5) is 32.0. The van der Waals surface area contributed by atoms with Crippen LogP contribution < -0.4 is 26.8 Å². The van der Waals surface area contributed by atoms with Gasteiger partial charge in [0.1, 0.15) is 11.8 Å². The first-order chi connectivity index (χ1) is 23.1. The number of unbranched alkanes of at least 4 members (excludes halogenated alkanes) is 1. The molecule has 1 aromatic heterocycles. The maximum atomic E-state index is 12.3. The monoisotopic (exact) mass is 676 g/mol. The van der Waals surface area contributed by atoms with Crippen molar-refractivity contribution in [2.45, 2.75) is 89.1 Å². The number of aliphatic carboxylic acids is 1. The number of carboxylic acid groups (broad SMARTS) is 1. The van der Waals surface area contributed by atoms with E-state index in [1.54, 1.807) is 0 Å². The smallest absolute Gasteiger partial charge is 0.326 e. The lowest BCUT2D eigenvalue weighted by Crippen LogP contribution is -2.46. The quantitative estimate of drug-likeness (QED) is 0.0659. The van der Waals surface area contributed by atoms with Gasteiger partial charge in [-0.25, -0.2) is 9.59 Å². The fourth-order valence-electron chi connectivity index (χ4n) is 5.75. The van der Waals surface area contributed by atoms with Crippen LogP contribution in [0, 0.1) is 6.92 Å². The Hall–Kier alpha value is -4.35. The summed E-state index contributed by atoms with van der Waals surface area (Å²) in [5.74, 6) is -0.259. The number of nitrogens with two attached hydrogens (primary N) is 2. The number of hydrogen-bond donors (Lipinski definition) is 5. The number of urea groups is 1. The molecule has 2 amide bonds. The van der Waals surface area contributed by atoms with E-state index in [1.165, 1.54) is 0 Å². The van der Waals surface area contributed by atoms with Crippen LogP contribution in [-0.2, 0) is 28.2 Å². The molecule has 3 aromatic rings. The Morgan fingerprint density at radius 3 is 2.62 bits per heavy atom. The van der Waals surface area contributed by atoms with Crippen molar-refractivity contribution in [1.82, 2.24) is 15.6 Å². The minimum Gasteiger partial charge on any atom is -0.490 e. The molecule has 5 rings (SSSR count). The molecule has 1 atom stereocenters. The lowest BCUT2D eigenvalue weighted by atomic mass is 9.96. The number of halogens is 1. The average molecular weight is 677 g/mol. The summed E-state index contributed by atoms with van der Waals surface area (Å²) < 4.78 is 12.9. The van der Waals surface area contributed by atoms with Crippen LogP contribution in [0.1, 0.15) is 73.6 Å². The van der Waals surface area contributed by atoms with Gasteiger partial charge in [0, 0.05) is 41.6 Å². The maximum Gasteiger partial charge on any atom is 0.326 e. The zero-order valence-electron chi connectivity index (χ0n) is 27.3. The number of pyridine rings is 1. The summed E-state index contributed by atoms with van der Waals surface area (Å²) >= 11 is 6.77. The Balaban J connectivity index is 1.11. The highest BCUT2D eigenvalue weighted by molar-refractivity contribution is 6.31. The summed E-state index contributed by atoms with van der Waals surface area (Å²) in [5, 5.41) is 15.3. The first kappa shape index (κ1) is 35.0. The first-order valence-electron chi connectivity index (χ1n) is 16.6. The first-order valence-corrected chi connectivity index (χ1v) is 17.0. The number of rotatable bonds is 18. The van der Waals surface area contributed by atoms with Gasteiger partial charge >= 0.3 is 12.0 Å². The van der Waals surface area contributed by atoms with E-state index in [2.05, 4.69) is 39.7 Å². The number of nitrogens with one attached hydrogen (secondary N) is 2. The third-order valence-electron chi connectivity index (χ3n) is 8.73. The third kappa shape index (κ3) is 9.60. The molecule has 0 saturated heterocycles. The normalized spacial score (nSPS) is 15.3. The summed E-state index contributed by atoms with van der Waals surface area (Å²) in [7, 11) is 0. The molecule has 0 aliphatic heterocycles. The number of carbonyl (C=O) groups is 2. The van der Waals surface area contributed by atoms with E-state index in [0.29, 0.717) is 37.2 Å². The number of guanidine groups is 1. The van der Waals surface area contributed by atoms with Gasteiger partial charge in [0.05, 0.1) is 18.3 Å². The van der Waals surface area contributed by atoms with Gasteiger partial charge in [0.15, 0.2) is 5.96 Å². The van der Waals surface area contributed by atoms with Crippen LogP contribution >= 0.6 is 11.6 Å². The molecule has 12 heteroatoms. The molecule has 0 spiro atoms. The van der Waals surface area contributed by atoms with Crippen molar-refractivity contribution in [3.63, 3.8) is 0 Å². The number of amides is 2. The van der Waals surface area contributed by atoms with Crippen molar-refractivity contribution in [3.8, 4) is 16.9 Å². The maximum absolute atomic E-state index is 12.3. The number of aromatic nitrogens is 1. The summed E-state index contributed by atoms with van der Waals surface area (Å²) in [5.41, 5.74) is 16.6. The van der Waals surface area contributed by atoms with Crippen molar-refractivity contribution in [2.24, 2.45) is 16.5 Å². The zero-order chi connectivity index (χ0) is 34.1. The van der Waals surface area contributed by atoms with E-state index in [9.17, 15) is 14.7 Å². The highest BCUT2D eigenvalue weighted by Crippen LogP contribution is 2.53. The number of para-hydroxylation sites is 1. The molecule has 1 unspecified atom stereocenters. The van der Waals surface area contributed by atoms with Gasteiger partial charge < -0.3 is 36.7 Å². The topological polar surface area (TPSA) is 174 Å². The second kappa shape index (κ2) is 16.2. The molecular weight excluding hydrogens is 632 g/mol. The van der Waals surface area contributed by atoms with Gasteiger partial charge in [-0.1, -0.05) is 35.9 Å². The molecule has 256 valence electrons. The molecule has 48 heavy (non-hydrogen) atoms. The molecule has 2 aliphatic rings. The predicted molar refractivity (Wildman–Crippen MR) is 186 cm³/mol. The number of aryl methyl sites for hydroxylation is 2. The lowest BCUT2D eigenvalue weighted by molar-refractivity contribution is -0.139. The van der Waals surface area contributed by atoms with E-state index < -0.39 is 23.6 Å². The number of benzene rings is 2. The standard InChI is InChI=1S/C36H45ClN6O5/c1-23-19-25(30(37)20-24(23)7-4-5-16-42-35(46)43-31(33(44)45)9-6-17-41-34(38)39)22-47-36(14-15-36)29-21-40-18-13-27(29)28-8-2-3-10-32(28)48-26-11-12-26/h2-3,8,10,13,18-21,26,31H,4-7,9,11-12,14-17,22H2,1H3,(H,44,45)(H4,38,39,41)(H2,42,43,46). The van der Waals surface area contributed by atoms with Gasteiger partial charge in [0.2, 0.25) is 0 Å². The Bertz CT molecular complexity index is 1620. The molecule has 7 N–H and O–H groups in total. The van der Waals surface area contributed by atoms with Gasteiger partial charge in [0.25, 0.3) is 0 Å². The molecule has 2 aromatic carbocycles. The average Bonchev–Trinajstić information content (AvgIpc) is 4.01. The fraction of sp³-hybridized carbons (Fsp3) is 0.444. The number of carboxylic acids is 1. The highest BCUT2D eigenvalue weighted by atomic mass is 35.5. The molecule has 1 heterocycles. The van der Waals surface area contributed by atoms with Crippen LogP contribution in [0.3, 0.4) is 0 Å². The molecule has 0 radical (unpaired) electrons. The van der Waals surface area contributed by atoms with Crippen molar-refractivity contribution in [1.29, 1.82) is 0 Å². The van der Waals surface area contributed by atoms with Gasteiger partial charge in [-0.2, -0.15) is 0 Å². The zero-order valence-corrected chi connectivity index (χ0v) is 28.1. The summed E-state index contributed by atoms with van der Waals surface area (Å²) in [6.45, 7) is 3.18. The van der Waals surface area contributed by atoms with Crippen LogP contribution in [-0.4, -0.2) is 53.3 Å². The largest absolute Gasteiger partial charge is 0.490 e. The molecule has 2 aliphatic carbocycles. The van der Waals surface area contributed by atoms with Crippen LogP contribution in [0.2, 0.25) is 5.02 Å². The van der Waals surface area contributed by atoms with Crippen molar-refractivity contribution >= 4 is 29.6 Å². The minimum absolute atomic E-state index is 0.0513.